The molecule has 21 heavy (non-hydrogen) atoms. The van der Waals surface area contributed by atoms with Gasteiger partial charge >= 0.3 is 0 Å². The molecule has 2 aromatic rings. The van der Waals surface area contributed by atoms with Crippen LogP contribution in [-0.4, -0.2) is 13.7 Å². The highest BCUT2D eigenvalue weighted by molar-refractivity contribution is 5.30. The minimum atomic E-state index is 0.0339. The zero-order valence-corrected chi connectivity index (χ0v) is 12.7. The van der Waals surface area contributed by atoms with Gasteiger partial charge in [-0.3, -0.25) is 0 Å². The van der Waals surface area contributed by atoms with Crippen LogP contribution in [0.25, 0.3) is 0 Å². The Labute approximate surface area is 126 Å². The van der Waals surface area contributed by atoms with E-state index in [1.165, 1.54) is 5.56 Å². The fraction of sp³-hybridized carbons (Fsp3) is 0.333. The van der Waals surface area contributed by atoms with E-state index in [0.29, 0.717) is 6.61 Å². The van der Waals surface area contributed by atoms with Crippen LogP contribution in [0.5, 0.6) is 11.5 Å². The summed E-state index contributed by atoms with van der Waals surface area (Å²) in [6, 6.07) is 16.2. The van der Waals surface area contributed by atoms with E-state index in [2.05, 4.69) is 12.1 Å². The molecule has 1 unspecified atom stereocenters. The van der Waals surface area contributed by atoms with Crippen molar-refractivity contribution in [3.63, 3.8) is 0 Å². The van der Waals surface area contributed by atoms with Crippen LogP contribution < -0.4 is 15.2 Å². The standard InChI is InChI=1S/C18H23NO2/c1-3-21-17-6-4-5-14(13-17)7-12-18(19)15-8-10-16(20-2)11-9-15/h4-6,8-11,13,18H,3,7,12,19H2,1-2H3. The van der Waals surface area contributed by atoms with E-state index in [9.17, 15) is 0 Å². The molecule has 3 nitrogen and oxygen atoms in total. The number of rotatable bonds is 7. The monoisotopic (exact) mass is 285 g/mol. The zero-order chi connectivity index (χ0) is 15.1. The van der Waals surface area contributed by atoms with Crippen LogP contribution in [0.3, 0.4) is 0 Å². The van der Waals surface area contributed by atoms with E-state index < -0.39 is 0 Å². The highest BCUT2D eigenvalue weighted by Gasteiger charge is 2.07. The topological polar surface area (TPSA) is 44.5 Å². The summed E-state index contributed by atoms with van der Waals surface area (Å²) in [5.41, 5.74) is 8.65. The fourth-order valence-corrected chi connectivity index (χ4v) is 2.30. The molecular weight excluding hydrogens is 262 g/mol. The lowest BCUT2D eigenvalue weighted by atomic mass is 9.99. The van der Waals surface area contributed by atoms with Crippen LogP contribution in [0.15, 0.2) is 48.5 Å². The van der Waals surface area contributed by atoms with Gasteiger partial charge in [0.1, 0.15) is 11.5 Å². The minimum absolute atomic E-state index is 0.0339. The third-order valence-electron chi connectivity index (χ3n) is 3.50. The summed E-state index contributed by atoms with van der Waals surface area (Å²) in [6.45, 7) is 2.68. The summed E-state index contributed by atoms with van der Waals surface area (Å²) >= 11 is 0. The van der Waals surface area contributed by atoms with Gasteiger partial charge < -0.3 is 15.2 Å². The van der Waals surface area contributed by atoms with Crippen molar-refractivity contribution in [1.82, 2.24) is 0 Å². The van der Waals surface area contributed by atoms with Gasteiger partial charge in [0.25, 0.3) is 0 Å². The van der Waals surface area contributed by atoms with Crippen LogP contribution >= 0.6 is 0 Å². The molecule has 0 saturated heterocycles. The van der Waals surface area contributed by atoms with Crippen LogP contribution in [0.1, 0.15) is 30.5 Å². The van der Waals surface area contributed by atoms with Gasteiger partial charge in [0.05, 0.1) is 13.7 Å². The Hall–Kier alpha value is -2.00. The van der Waals surface area contributed by atoms with Gasteiger partial charge in [-0.05, 0) is 55.2 Å². The molecule has 0 bridgehead atoms. The summed E-state index contributed by atoms with van der Waals surface area (Å²) in [5, 5.41) is 0. The van der Waals surface area contributed by atoms with Crippen molar-refractivity contribution in [1.29, 1.82) is 0 Å². The molecular formula is C18H23NO2. The molecule has 0 aromatic heterocycles. The molecule has 1 atom stereocenters. The average molecular weight is 285 g/mol. The van der Waals surface area contributed by atoms with Crippen molar-refractivity contribution in [2.24, 2.45) is 5.73 Å². The first-order chi connectivity index (χ1) is 10.2. The molecule has 0 aliphatic heterocycles. The first kappa shape index (κ1) is 15.4. The van der Waals surface area contributed by atoms with E-state index in [1.807, 2.05) is 43.3 Å². The lowest BCUT2D eigenvalue weighted by Gasteiger charge is -2.13. The van der Waals surface area contributed by atoms with E-state index in [-0.39, 0.29) is 6.04 Å². The average Bonchev–Trinajstić information content (AvgIpc) is 2.53. The number of methoxy groups -OCH3 is 1. The van der Waals surface area contributed by atoms with Gasteiger partial charge in [0.2, 0.25) is 0 Å². The number of hydrogen-bond acceptors (Lipinski definition) is 3. The normalized spacial score (nSPS) is 12.0. The minimum Gasteiger partial charge on any atom is -0.497 e. The maximum Gasteiger partial charge on any atom is 0.119 e. The van der Waals surface area contributed by atoms with E-state index >= 15 is 0 Å². The SMILES string of the molecule is CCOc1cccc(CCC(N)c2ccc(OC)cc2)c1. The van der Waals surface area contributed by atoms with Crippen LogP contribution in [0.4, 0.5) is 0 Å². The van der Waals surface area contributed by atoms with Gasteiger partial charge in [-0.2, -0.15) is 0 Å². The summed E-state index contributed by atoms with van der Waals surface area (Å²) in [7, 11) is 1.67. The second kappa shape index (κ2) is 7.70. The van der Waals surface area contributed by atoms with Gasteiger partial charge in [0.15, 0.2) is 0 Å². The predicted molar refractivity (Wildman–Crippen MR) is 85.9 cm³/mol. The highest BCUT2D eigenvalue weighted by Crippen LogP contribution is 2.21. The quantitative estimate of drug-likeness (QED) is 0.843. The first-order valence-electron chi connectivity index (χ1n) is 7.34. The Bertz CT molecular complexity index is 551. The first-order valence-corrected chi connectivity index (χ1v) is 7.34. The largest absolute Gasteiger partial charge is 0.497 e. The van der Waals surface area contributed by atoms with E-state index in [0.717, 1.165) is 29.9 Å². The number of hydrogen-bond donors (Lipinski definition) is 1. The number of nitrogens with two attached hydrogens (primary N) is 1. The van der Waals surface area contributed by atoms with Crippen LogP contribution in [-0.2, 0) is 6.42 Å². The van der Waals surface area contributed by atoms with Crippen LogP contribution in [0.2, 0.25) is 0 Å². The summed E-state index contributed by atoms with van der Waals surface area (Å²) in [4.78, 5) is 0. The van der Waals surface area contributed by atoms with Crippen molar-refractivity contribution < 1.29 is 9.47 Å². The van der Waals surface area contributed by atoms with Crippen molar-refractivity contribution in [2.45, 2.75) is 25.8 Å². The lowest BCUT2D eigenvalue weighted by Crippen LogP contribution is -2.11. The molecule has 112 valence electrons. The molecule has 0 aliphatic rings. The Morgan fingerprint density at radius 2 is 1.81 bits per heavy atom. The maximum absolute atomic E-state index is 6.26. The Morgan fingerprint density at radius 3 is 2.48 bits per heavy atom. The summed E-state index contributed by atoms with van der Waals surface area (Å²) in [5.74, 6) is 1.78. The molecule has 0 saturated carbocycles. The molecule has 0 amide bonds. The smallest absolute Gasteiger partial charge is 0.119 e. The third-order valence-corrected chi connectivity index (χ3v) is 3.50. The van der Waals surface area contributed by atoms with E-state index in [4.69, 9.17) is 15.2 Å². The Morgan fingerprint density at radius 1 is 1.05 bits per heavy atom. The molecule has 0 heterocycles. The number of aryl methyl sites for hydroxylation is 1. The number of ether oxygens (including phenoxy) is 2. The summed E-state index contributed by atoms with van der Waals surface area (Å²) in [6.07, 6.45) is 1.84. The van der Waals surface area contributed by atoms with Gasteiger partial charge in [-0.1, -0.05) is 24.3 Å². The molecule has 3 heteroatoms. The highest BCUT2D eigenvalue weighted by atomic mass is 16.5. The third kappa shape index (κ3) is 4.50. The van der Waals surface area contributed by atoms with Gasteiger partial charge in [0, 0.05) is 6.04 Å². The van der Waals surface area contributed by atoms with Gasteiger partial charge in [-0.25, -0.2) is 0 Å². The van der Waals surface area contributed by atoms with Crippen molar-refractivity contribution in [3.05, 3.63) is 59.7 Å². The van der Waals surface area contributed by atoms with Crippen LogP contribution in [0, 0.1) is 0 Å². The molecule has 2 N–H and O–H groups in total. The van der Waals surface area contributed by atoms with E-state index in [1.54, 1.807) is 7.11 Å². The maximum atomic E-state index is 6.26. The summed E-state index contributed by atoms with van der Waals surface area (Å²) < 4.78 is 10.7. The molecule has 0 aliphatic carbocycles. The molecule has 2 rings (SSSR count). The lowest BCUT2D eigenvalue weighted by molar-refractivity contribution is 0.340. The molecule has 0 radical (unpaired) electrons. The second-order valence-electron chi connectivity index (χ2n) is 5.00. The predicted octanol–water partition coefficient (Wildman–Crippen LogP) is 3.73. The Kier molecular flexibility index (Phi) is 5.64. The molecule has 0 fully saturated rings. The zero-order valence-electron chi connectivity index (χ0n) is 12.7. The van der Waals surface area contributed by atoms with Crippen molar-refractivity contribution >= 4 is 0 Å². The fourth-order valence-electron chi connectivity index (χ4n) is 2.30. The van der Waals surface area contributed by atoms with Crippen molar-refractivity contribution in [3.8, 4) is 11.5 Å². The molecule has 2 aromatic carbocycles. The van der Waals surface area contributed by atoms with Gasteiger partial charge in [-0.15, -0.1) is 0 Å². The van der Waals surface area contributed by atoms with Crippen molar-refractivity contribution in [2.75, 3.05) is 13.7 Å². The second-order valence-corrected chi connectivity index (χ2v) is 5.00. The number of benzene rings is 2. The molecule has 0 spiro atoms. The Balaban J connectivity index is 1.93.